The molecule has 0 saturated carbocycles. The fourth-order valence-corrected chi connectivity index (χ4v) is 5.30. The number of ether oxygens (including phenoxy) is 5. The monoisotopic (exact) mass is 1200 g/mol. The van der Waals surface area contributed by atoms with E-state index in [1.807, 2.05) is 24.3 Å². The van der Waals surface area contributed by atoms with Gasteiger partial charge in [0, 0.05) is 61.8 Å². The molecule has 0 aromatic heterocycles. The summed E-state index contributed by atoms with van der Waals surface area (Å²) >= 11 is 0. The third-order valence-corrected chi connectivity index (χ3v) is 8.79. The van der Waals surface area contributed by atoms with Crippen LogP contribution in [0.25, 0.3) is 11.1 Å². The van der Waals surface area contributed by atoms with Gasteiger partial charge in [-0.2, -0.15) is 0 Å². The first-order valence-electron chi connectivity index (χ1n) is 26.1. The van der Waals surface area contributed by atoms with Crippen LogP contribution in [0.4, 0.5) is 14.4 Å². The average molecular weight is 1200 g/mol. The lowest BCUT2D eigenvalue weighted by Gasteiger charge is -2.16. The molecule has 0 radical (unpaired) electrons. The van der Waals surface area contributed by atoms with Crippen molar-refractivity contribution in [2.24, 2.45) is 17.2 Å². The maximum atomic E-state index is 12.0. The number of nitrogens with two attached hydrogens (primary N) is 3. The van der Waals surface area contributed by atoms with Gasteiger partial charge in [-0.05, 0) is 98.7 Å². The molecule has 2 aromatic rings. The Hall–Kier alpha value is -8.64. The van der Waals surface area contributed by atoms with Gasteiger partial charge in [-0.15, -0.1) is 0 Å². The van der Waals surface area contributed by atoms with Crippen LogP contribution in [0.2, 0.25) is 0 Å². The predicted octanol–water partition coefficient (Wildman–Crippen LogP) is 1.45. The minimum absolute atomic E-state index is 0.00366. The quantitative estimate of drug-likeness (QED) is 0.0886. The van der Waals surface area contributed by atoms with E-state index in [2.05, 4.69) is 92.5 Å². The van der Waals surface area contributed by atoms with Crippen molar-refractivity contribution in [2.75, 3.05) is 75.3 Å². The highest BCUT2D eigenvalue weighted by atomic mass is 16.6. The van der Waals surface area contributed by atoms with E-state index in [4.69, 9.17) is 30.2 Å². The maximum absolute atomic E-state index is 12.0. The third-order valence-electron chi connectivity index (χ3n) is 8.79. The van der Waals surface area contributed by atoms with Crippen molar-refractivity contribution in [3.63, 3.8) is 0 Å². The molecule has 8 amide bonds. The standard InChI is InChI=1S/C20H21NO4.2C7H13NO3.C5H9NO3.C5H11NO2.2C3H8N2O.C2H4O2.2CH5N/c1-3-24-19(22)13(2)21-20(23)25-12-18-16-10-6-4-8-14(16)15-9-5-7-11-17(15)18;2*1-4-11-7(10)5(2)8-6(3)9;1-3(5(8)9)6-4(2)7;1-3-8-5(7)4(2)6;2*1-4-3(6)5-2;1-2(3)4;2*1-2/h4-11,13,18H,3,12H2,1-2H3,(H,21,23);2*5H,4H2,1-3H3,(H,8,9);3H,1-2H3,(H,6,7)(H,8,9);4H,3,6H2,1-2H3;2*1-2H3,(H2,4,5,6);1H3,(H,3,4);2*2H2,1H3. The first-order valence-corrected chi connectivity index (χ1v) is 26.1. The van der Waals surface area contributed by atoms with E-state index in [0.29, 0.717) is 19.8 Å². The van der Waals surface area contributed by atoms with E-state index >= 15 is 0 Å². The number of hydrogen-bond acceptors (Lipinski definition) is 20. The highest BCUT2D eigenvalue weighted by Crippen LogP contribution is 2.44. The Labute approximate surface area is 493 Å². The molecule has 1 aliphatic carbocycles. The average Bonchev–Trinajstić information content (AvgIpc) is 3.81. The fraction of sp³-hybridized carbons (Fsp3) is 0.556. The van der Waals surface area contributed by atoms with Gasteiger partial charge in [-0.25, -0.2) is 28.8 Å². The number of urea groups is 2. The van der Waals surface area contributed by atoms with Crippen LogP contribution in [0, 0.1) is 0 Å². The molecule has 1 aliphatic rings. The van der Waals surface area contributed by atoms with Crippen LogP contribution < -0.4 is 59.7 Å². The number of amides is 8. The van der Waals surface area contributed by atoms with Gasteiger partial charge in [0.2, 0.25) is 17.7 Å². The number of carboxylic acids is 2. The smallest absolute Gasteiger partial charge is 0.407 e. The van der Waals surface area contributed by atoms with Crippen LogP contribution in [-0.4, -0.2) is 187 Å². The van der Waals surface area contributed by atoms with Crippen LogP contribution >= 0.6 is 0 Å². The van der Waals surface area contributed by atoms with Crippen molar-refractivity contribution in [2.45, 2.75) is 126 Å². The molecular weight excluding hydrogens is 1110 g/mol. The molecule has 482 valence electrons. The van der Waals surface area contributed by atoms with Gasteiger partial charge in [0.25, 0.3) is 5.97 Å². The second-order valence-electron chi connectivity index (χ2n) is 15.8. The van der Waals surface area contributed by atoms with Crippen molar-refractivity contribution < 1.29 is 91.4 Å². The number of carbonyl (C=O) groups excluding carboxylic acids is 10. The number of hydrogen-bond donors (Lipinski definition) is 13. The molecule has 0 spiro atoms. The molecule has 16 N–H and O–H groups in total. The molecule has 3 rings (SSSR count). The lowest BCUT2D eigenvalue weighted by atomic mass is 9.98. The van der Waals surface area contributed by atoms with Gasteiger partial charge in [0.15, 0.2) is 0 Å². The number of carbonyl (C=O) groups is 12. The lowest BCUT2D eigenvalue weighted by Crippen LogP contribution is -2.40. The van der Waals surface area contributed by atoms with Gasteiger partial charge in [0.05, 0.1) is 26.4 Å². The minimum Gasteiger partial charge on any atom is -0.481 e. The number of nitrogens with one attached hydrogen (secondary N) is 8. The molecule has 0 saturated heterocycles. The second-order valence-corrected chi connectivity index (χ2v) is 15.8. The Morgan fingerprint density at radius 3 is 0.929 bits per heavy atom. The minimum atomic E-state index is -1.02. The molecule has 0 heterocycles. The Bertz CT molecular complexity index is 2110. The van der Waals surface area contributed by atoms with E-state index in [0.717, 1.165) is 18.1 Å². The molecule has 2 aromatic carbocycles. The summed E-state index contributed by atoms with van der Waals surface area (Å²) in [6.45, 7) is 21.3. The first-order chi connectivity index (χ1) is 39.3. The lowest BCUT2D eigenvalue weighted by molar-refractivity contribution is -0.147. The summed E-state index contributed by atoms with van der Waals surface area (Å²) in [5.74, 6) is -4.27. The topological polar surface area (TPSA) is 466 Å². The number of alkyl carbamates (subject to hydrolysis) is 1. The zero-order valence-corrected chi connectivity index (χ0v) is 52.2. The molecule has 5 atom stereocenters. The SMILES string of the molecule is CC(=O)NC(C)C(=O)O.CC(=O)O.CCOC(=O)C(C)N.CCOC(=O)C(C)NC(=O)OCC1c2ccccc2-c2ccccc21.CCOC(=O)C(C)NC(C)=O.CCOC(=O)C(C)NC(C)=O.CN.CN.CNC(=O)NC.CNC(=O)NC. The number of carboxylic acid groups (broad SMARTS) is 2. The Morgan fingerprint density at radius 1 is 0.452 bits per heavy atom. The molecule has 84 heavy (non-hydrogen) atoms. The van der Waals surface area contributed by atoms with Crippen LogP contribution in [0.1, 0.15) is 107 Å². The fourth-order valence-electron chi connectivity index (χ4n) is 5.30. The molecular formula is C54H97N11O19. The van der Waals surface area contributed by atoms with E-state index < -0.39 is 66.1 Å². The van der Waals surface area contributed by atoms with Crippen molar-refractivity contribution >= 4 is 71.7 Å². The van der Waals surface area contributed by atoms with Gasteiger partial charge >= 0.3 is 48.0 Å². The molecule has 30 heteroatoms. The summed E-state index contributed by atoms with van der Waals surface area (Å²) in [5, 5.41) is 34.6. The molecule has 0 aliphatic heterocycles. The summed E-state index contributed by atoms with van der Waals surface area (Å²) in [6.07, 6.45) is -0.623. The summed E-state index contributed by atoms with van der Waals surface area (Å²) in [6, 6.07) is 12.8. The van der Waals surface area contributed by atoms with Gasteiger partial charge < -0.3 is 93.6 Å². The third kappa shape index (κ3) is 51.5. The van der Waals surface area contributed by atoms with Crippen LogP contribution in [0.15, 0.2) is 48.5 Å². The molecule has 0 fully saturated rings. The van der Waals surface area contributed by atoms with E-state index in [-0.39, 0.29) is 54.9 Å². The number of aliphatic carboxylic acids is 2. The van der Waals surface area contributed by atoms with Crippen molar-refractivity contribution in [3.05, 3.63) is 59.7 Å². The van der Waals surface area contributed by atoms with Crippen molar-refractivity contribution in [3.8, 4) is 11.1 Å². The summed E-state index contributed by atoms with van der Waals surface area (Å²) < 4.78 is 24.1. The summed E-state index contributed by atoms with van der Waals surface area (Å²) in [4.78, 5) is 126. The number of rotatable bonds is 15. The van der Waals surface area contributed by atoms with E-state index in [1.165, 1.54) is 52.9 Å². The Balaban J connectivity index is -0.000000173. The first kappa shape index (κ1) is 89.2. The summed E-state index contributed by atoms with van der Waals surface area (Å²) in [7, 11) is 9.27. The van der Waals surface area contributed by atoms with Gasteiger partial charge in [-0.1, -0.05) is 48.5 Å². The molecule has 0 bridgehead atoms. The number of benzene rings is 2. The van der Waals surface area contributed by atoms with Crippen molar-refractivity contribution in [1.29, 1.82) is 0 Å². The highest BCUT2D eigenvalue weighted by Gasteiger charge is 2.29. The number of esters is 4. The summed E-state index contributed by atoms with van der Waals surface area (Å²) in [5.41, 5.74) is 18.8. The zero-order valence-electron chi connectivity index (χ0n) is 52.2. The van der Waals surface area contributed by atoms with Crippen LogP contribution in [0.3, 0.4) is 0 Å². The Kier molecular flexibility index (Phi) is 61.1. The molecule has 5 unspecified atom stereocenters. The normalized spacial score (nSPS) is 11.1. The van der Waals surface area contributed by atoms with Crippen LogP contribution in [0.5, 0.6) is 0 Å². The van der Waals surface area contributed by atoms with Gasteiger partial charge in [-0.3, -0.25) is 28.8 Å². The predicted molar refractivity (Wildman–Crippen MR) is 316 cm³/mol. The second kappa shape index (κ2) is 57.6. The van der Waals surface area contributed by atoms with E-state index in [1.54, 1.807) is 83.6 Å². The van der Waals surface area contributed by atoms with Crippen molar-refractivity contribution in [1.82, 2.24) is 42.5 Å². The molecule has 30 nitrogen and oxygen atoms in total. The van der Waals surface area contributed by atoms with E-state index in [9.17, 15) is 52.7 Å². The Morgan fingerprint density at radius 2 is 0.714 bits per heavy atom. The highest BCUT2D eigenvalue weighted by molar-refractivity contribution is 5.84. The maximum Gasteiger partial charge on any atom is 0.407 e. The van der Waals surface area contributed by atoms with Gasteiger partial charge in [0.1, 0.15) is 36.8 Å². The zero-order chi connectivity index (χ0) is 67.1. The largest absolute Gasteiger partial charge is 0.481 e. The number of fused-ring (bicyclic) bond motifs is 3. The van der Waals surface area contributed by atoms with Crippen LogP contribution in [-0.2, 0) is 66.8 Å².